The molecule has 0 aromatic heterocycles. The fraction of sp³-hybridized carbons (Fsp3) is 0.500. The van der Waals surface area contributed by atoms with Crippen molar-refractivity contribution < 1.29 is 32.7 Å². The van der Waals surface area contributed by atoms with Gasteiger partial charge in [0.1, 0.15) is 0 Å². The van der Waals surface area contributed by atoms with Crippen LogP contribution in [0.15, 0.2) is 36.4 Å². The van der Waals surface area contributed by atoms with Crippen molar-refractivity contribution in [1.29, 1.82) is 0 Å². The fourth-order valence-corrected chi connectivity index (χ4v) is 3.50. The maximum absolute atomic E-state index is 12.5. The molecule has 10 heteroatoms. The van der Waals surface area contributed by atoms with Crippen LogP contribution in [-0.2, 0) is 20.8 Å². The molecule has 0 aliphatic carbocycles. The summed E-state index contributed by atoms with van der Waals surface area (Å²) in [6.07, 6.45) is 3.11. The zero-order valence-electron chi connectivity index (χ0n) is 17.8. The highest BCUT2D eigenvalue weighted by Gasteiger charge is 2.38. The Kier molecular flexibility index (Phi) is 9.25. The molecule has 2 aliphatic rings. The Labute approximate surface area is 184 Å². The molecule has 0 spiro atoms. The lowest BCUT2D eigenvalue weighted by Crippen LogP contribution is -2.49. The molecule has 0 radical (unpaired) electrons. The normalized spacial score (nSPS) is 19.0. The molecule has 3 rings (SSSR count). The summed E-state index contributed by atoms with van der Waals surface area (Å²) in [5.41, 5.74) is 2.22. The van der Waals surface area contributed by atoms with Gasteiger partial charge in [-0.2, -0.15) is 13.2 Å². The number of carboxylic acids is 1. The van der Waals surface area contributed by atoms with Crippen molar-refractivity contribution in [2.45, 2.75) is 57.3 Å². The van der Waals surface area contributed by atoms with Gasteiger partial charge in [-0.3, -0.25) is 9.59 Å². The lowest BCUT2D eigenvalue weighted by Gasteiger charge is -2.24. The first-order valence-corrected chi connectivity index (χ1v) is 10.5. The number of anilines is 1. The van der Waals surface area contributed by atoms with Crippen LogP contribution in [0.25, 0.3) is 0 Å². The van der Waals surface area contributed by atoms with Gasteiger partial charge in [-0.15, -0.1) is 0 Å². The van der Waals surface area contributed by atoms with Crippen LogP contribution in [-0.4, -0.2) is 54.2 Å². The van der Waals surface area contributed by atoms with Crippen LogP contribution in [0.4, 0.5) is 18.9 Å². The average molecular weight is 455 g/mol. The van der Waals surface area contributed by atoms with Gasteiger partial charge in [0.15, 0.2) is 0 Å². The van der Waals surface area contributed by atoms with E-state index in [1.165, 1.54) is 5.56 Å². The summed E-state index contributed by atoms with van der Waals surface area (Å²) in [7, 11) is 0. The van der Waals surface area contributed by atoms with E-state index in [0.717, 1.165) is 50.9 Å². The number of nitrogens with zero attached hydrogens (tertiary/aromatic N) is 1. The molecular formula is C22H28F3N3O4. The predicted octanol–water partition coefficient (Wildman–Crippen LogP) is 2.80. The van der Waals surface area contributed by atoms with Crippen LogP contribution in [0.1, 0.15) is 38.2 Å². The molecule has 2 atom stereocenters. The van der Waals surface area contributed by atoms with Crippen LogP contribution in [0.5, 0.6) is 0 Å². The Hall–Kier alpha value is -2.88. The first kappa shape index (κ1) is 25.4. The Balaban J connectivity index is 0.000000451. The third-order valence-electron chi connectivity index (χ3n) is 5.26. The van der Waals surface area contributed by atoms with Gasteiger partial charge in [-0.1, -0.05) is 37.6 Å². The minimum atomic E-state index is -5.08. The predicted molar refractivity (Wildman–Crippen MR) is 113 cm³/mol. The lowest BCUT2D eigenvalue weighted by molar-refractivity contribution is -0.192. The number of fused-ring (bicyclic) bond motifs is 1. The summed E-state index contributed by atoms with van der Waals surface area (Å²) in [6, 6.07) is 7.81. The van der Waals surface area contributed by atoms with Crippen molar-refractivity contribution in [2.75, 3.05) is 18.0 Å². The number of alkyl halides is 3. The maximum atomic E-state index is 12.5. The number of hydrogen-bond acceptors (Lipinski definition) is 4. The summed E-state index contributed by atoms with van der Waals surface area (Å²) < 4.78 is 31.7. The number of carboxylic acid groups (broad SMARTS) is 1. The van der Waals surface area contributed by atoms with E-state index in [1.54, 1.807) is 6.08 Å². The first-order chi connectivity index (χ1) is 15.1. The number of aliphatic carboxylic acids is 1. The van der Waals surface area contributed by atoms with Crippen LogP contribution < -0.4 is 15.5 Å². The number of halogens is 3. The quantitative estimate of drug-likeness (QED) is 0.593. The molecule has 1 aromatic carbocycles. The van der Waals surface area contributed by atoms with Gasteiger partial charge in [0.05, 0.1) is 6.04 Å². The first-order valence-electron chi connectivity index (χ1n) is 10.5. The number of para-hydroxylation sites is 1. The molecule has 2 aliphatic heterocycles. The van der Waals surface area contributed by atoms with E-state index < -0.39 is 12.1 Å². The minimum Gasteiger partial charge on any atom is -0.475 e. The highest BCUT2D eigenvalue weighted by Crippen LogP contribution is 2.27. The van der Waals surface area contributed by atoms with Crippen molar-refractivity contribution in [3.05, 3.63) is 42.0 Å². The standard InChI is InChI=1S/C20H27N3O2.C2HF3O2/c1-2-16(22-20(25)17-8-5-6-13-21-17)10-11-19(24)23-14-12-15-7-3-4-9-18(15)23;3-2(4,5)1(6)7/h3-4,7,9-11,16-17,21H,2,5-6,8,12-14H2,1H3,(H,22,25);(H,6,7)/t16-,17-;/m0./s1. The van der Waals surface area contributed by atoms with Gasteiger partial charge in [0.25, 0.3) is 5.91 Å². The third-order valence-corrected chi connectivity index (χ3v) is 5.26. The van der Waals surface area contributed by atoms with E-state index >= 15 is 0 Å². The maximum Gasteiger partial charge on any atom is 0.490 e. The summed E-state index contributed by atoms with van der Waals surface area (Å²) >= 11 is 0. The fourth-order valence-electron chi connectivity index (χ4n) is 3.50. The van der Waals surface area contributed by atoms with Gasteiger partial charge >= 0.3 is 12.1 Å². The van der Waals surface area contributed by atoms with Gasteiger partial charge in [-0.25, -0.2) is 4.79 Å². The zero-order valence-corrected chi connectivity index (χ0v) is 17.8. The zero-order chi connectivity index (χ0) is 23.7. The third kappa shape index (κ3) is 7.37. The average Bonchev–Trinajstić information content (AvgIpc) is 3.21. The summed E-state index contributed by atoms with van der Waals surface area (Å²) in [5, 5.41) is 13.4. The molecule has 3 N–H and O–H groups in total. The summed E-state index contributed by atoms with van der Waals surface area (Å²) in [4.78, 5) is 35.6. The smallest absolute Gasteiger partial charge is 0.475 e. The molecule has 7 nitrogen and oxygen atoms in total. The number of carbonyl (C=O) groups is 3. The number of nitrogens with one attached hydrogen (secondary N) is 2. The van der Waals surface area contributed by atoms with E-state index in [0.29, 0.717) is 0 Å². The van der Waals surface area contributed by atoms with Crippen LogP contribution in [0.2, 0.25) is 0 Å². The van der Waals surface area contributed by atoms with E-state index in [9.17, 15) is 22.8 Å². The second-order valence-corrected chi connectivity index (χ2v) is 7.56. The number of piperidine rings is 1. The number of hydrogen-bond donors (Lipinski definition) is 3. The molecule has 176 valence electrons. The molecule has 0 bridgehead atoms. The number of carbonyl (C=O) groups excluding carboxylic acids is 2. The van der Waals surface area contributed by atoms with Crippen molar-refractivity contribution in [2.24, 2.45) is 0 Å². The van der Waals surface area contributed by atoms with Gasteiger partial charge in [0, 0.05) is 24.4 Å². The second-order valence-electron chi connectivity index (χ2n) is 7.56. The monoisotopic (exact) mass is 455 g/mol. The molecule has 1 saturated heterocycles. The molecule has 1 fully saturated rings. The van der Waals surface area contributed by atoms with Crippen LogP contribution in [0.3, 0.4) is 0 Å². The van der Waals surface area contributed by atoms with Crippen molar-refractivity contribution >= 4 is 23.5 Å². The topological polar surface area (TPSA) is 98.7 Å². The second kappa shape index (κ2) is 11.7. The SMILES string of the molecule is CC[C@@H](C=CC(=O)N1CCc2ccccc21)NC(=O)[C@@H]1CCCCN1.O=C(O)C(F)(F)F. The molecule has 0 unspecified atom stereocenters. The van der Waals surface area contributed by atoms with Gasteiger partial charge in [0.2, 0.25) is 5.91 Å². The Bertz CT molecular complexity index is 836. The molecule has 2 heterocycles. The Morgan fingerprint density at radius 1 is 1.28 bits per heavy atom. The van der Waals surface area contributed by atoms with E-state index in [4.69, 9.17) is 9.90 Å². The highest BCUT2D eigenvalue weighted by atomic mass is 19.4. The van der Waals surface area contributed by atoms with Crippen molar-refractivity contribution in [3.8, 4) is 0 Å². The van der Waals surface area contributed by atoms with E-state index in [-0.39, 0.29) is 23.9 Å². The van der Waals surface area contributed by atoms with Crippen molar-refractivity contribution in [3.63, 3.8) is 0 Å². The lowest BCUT2D eigenvalue weighted by atomic mass is 10.0. The number of rotatable bonds is 5. The summed E-state index contributed by atoms with van der Waals surface area (Å²) in [6.45, 7) is 3.63. The molecule has 2 amide bonds. The van der Waals surface area contributed by atoms with Gasteiger partial charge < -0.3 is 20.6 Å². The minimum absolute atomic E-state index is 0.0200. The van der Waals surface area contributed by atoms with Crippen LogP contribution in [0, 0.1) is 0 Å². The number of amides is 2. The molecule has 1 aromatic rings. The number of benzene rings is 1. The van der Waals surface area contributed by atoms with E-state index in [1.807, 2.05) is 36.1 Å². The molecular weight excluding hydrogens is 427 g/mol. The Morgan fingerprint density at radius 2 is 1.97 bits per heavy atom. The van der Waals surface area contributed by atoms with Crippen molar-refractivity contribution in [1.82, 2.24) is 10.6 Å². The molecule has 0 saturated carbocycles. The van der Waals surface area contributed by atoms with Gasteiger partial charge in [-0.05, 0) is 43.9 Å². The van der Waals surface area contributed by atoms with E-state index in [2.05, 4.69) is 16.7 Å². The summed E-state index contributed by atoms with van der Waals surface area (Å²) in [5.74, 6) is -2.74. The largest absolute Gasteiger partial charge is 0.490 e. The van der Waals surface area contributed by atoms with Crippen LogP contribution >= 0.6 is 0 Å². The molecule has 32 heavy (non-hydrogen) atoms. The Morgan fingerprint density at radius 3 is 2.56 bits per heavy atom. The highest BCUT2D eigenvalue weighted by molar-refractivity contribution is 6.03.